The minimum absolute atomic E-state index is 0. The van der Waals surface area contributed by atoms with Crippen LogP contribution in [0, 0.1) is 20.0 Å². The molecule has 6 heteroatoms. The van der Waals surface area contributed by atoms with Crippen molar-refractivity contribution in [3.05, 3.63) is 55.3 Å². The second-order valence-corrected chi connectivity index (χ2v) is 2.89. The Balaban J connectivity index is -0.000000325. The predicted molar refractivity (Wildman–Crippen MR) is 56.1 cm³/mol. The van der Waals surface area contributed by atoms with Crippen molar-refractivity contribution in [3.8, 4) is 0 Å². The topological polar surface area (TPSA) is 93.8 Å². The summed E-state index contributed by atoms with van der Waals surface area (Å²) < 4.78 is 22.5. The van der Waals surface area contributed by atoms with E-state index in [0.717, 1.165) is 0 Å². The number of hydrogen-bond acceptors (Lipinski definition) is 2. The van der Waals surface area contributed by atoms with E-state index in [4.69, 9.17) is 14.0 Å². The summed E-state index contributed by atoms with van der Waals surface area (Å²) in [7, 11) is 0. The third-order valence-corrected chi connectivity index (χ3v) is 2.11. The Kier molecular flexibility index (Phi) is 17.0. The number of fused-ring (bicyclic) bond motifs is 1. The van der Waals surface area contributed by atoms with Gasteiger partial charge in [-0.05, 0) is 0 Å². The summed E-state index contributed by atoms with van der Waals surface area (Å²) in [5.74, 6) is 0.176. The van der Waals surface area contributed by atoms with Crippen LogP contribution in [0.25, 0.3) is 0 Å². The van der Waals surface area contributed by atoms with Crippen LogP contribution in [0.3, 0.4) is 0 Å². The average Bonchev–Trinajstić information content (AvgIpc) is 2.50. The minimum Gasteiger partial charge on any atom is 0 e. The molecule has 0 fully saturated rings. The van der Waals surface area contributed by atoms with Crippen molar-refractivity contribution in [3.63, 3.8) is 0 Å². The number of carbonyl (C=O) groups excluding carboxylic acids is 2. The van der Waals surface area contributed by atoms with Crippen molar-refractivity contribution in [2.24, 2.45) is 0 Å². The summed E-state index contributed by atoms with van der Waals surface area (Å²) in [4.78, 5) is 22.6. The van der Waals surface area contributed by atoms with Crippen LogP contribution in [-0.2, 0) is 31.3 Å². The van der Waals surface area contributed by atoms with Gasteiger partial charge in [0, 0.05) is 41.3 Å². The maximum absolute atomic E-state index is 11.3. The third-order valence-electron chi connectivity index (χ3n) is 2.11. The molecule has 0 unspecified atom stereocenters. The number of ketones is 2. The molecule has 0 amide bonds. The summed E-state index contributed by atoms with van der Waals surface area (Å²) in [5, 5.41) is 0. The first-order valence-electron chi connectivity index (χ1n) is 4.56. The Morgan fingerprint density at radius 3 is 1.26 bits per heavy atom. The number of rotatable bonds is 0. The van der Waals surface area contributed by atoms with Gasteiger partial charge in [0.1, 0.15) is 0 Å². The molecule has 1 aromatic carbocycles. The normalized spacial score (nSPS) is 10.4. The molecule has 5 nitrogen and oxygen atoms in total. The van der Waals surface area contributed by atoms with Crippen LogP contribution in [-0.4, -0.2) is 11.6 Å². The van der Waals surface area contributed by atoms with Crippen molar-refractivity contribution in [2.75, 3.05) is 0 Å². The largest absolute Gasteiger partial charge is 0 e. The molecule has 2 rings (SSSR count). The summed E-state index contributed by atoms with van der Waals surface area (Å²) in [6, 6.07) is 7.01. The summed E-state index contributed by atoms with van der Waals surface area (Å²) in [6.45, 7) is 13.5. The molecule has 0 aromatic heterocycles. The Labute approximate surface area is 121 Å². The van der Waals surface area contributed by atoms with Crippen LogP contribution >= 0.6 is 0 Å². The van der Waals surface area contributed by atoms with Gasteiger partial charge in [-0.3, -0.25) is 9.59 Å². The average molecular weight is 296 g/mol. The van der Waals surface area contributed by atoms with Crippen molar-refractivity contribution in [2.45, 2.75) is 12.8 Å². The fourth-order valence-corrected chi connectivity index (χ4v) is 1.47. The fourth-order valence-electron chi connectivity index (χ4n) is 1.47. The summed E-state index contributed by atoms with van der Waals surface area (Å²) >= 11 is 0. The van der Waals surface area contributed by atoms with E-state index in [1.54, 1.807) is 24.3 Å². The van der Waals surface area contributed by atoms with Crippen molar-refractivity contribution in [1.29, 1.82) is 0 Å². The van der Waals surface area contributed by atoms with Gasteiger partial charge in [-0.25, -0.2) is 0 Å². The van der Waals surface area contributed by atoms with E-state index in [-0.39, 0.29) is 28.9 Å². The van der Waals surface area contributed by atoms with E-state index in [1.165, 1.54) is 0 Å². The number of carbonyl (C=O) groups is 2. The Bertz CT molecular complexity index is 424. The maximum Gasteiger partial charge on any atom is 0 e. The Morgan fingerprint density at radius 2 is 1.00 bits per heavy atom. The second-order valence-electron chi connectivity index (χ2n) is 2.89. The first-order chi connectivity index (χ1) is 8.79. The SMILES string of the molecule is O=C1CCC(=O)c2ccccc21.[C-]#[O+].[C-]#[O+].[C-]#[O+].[Cr]. The van der Waals surface area contributed by atoms with Crippen LogP contribution in [0.15, 0.2) is 24.3 Å². The van der Waals surface area contributed by atoms with Crippen LogP contribution in [0.1, 0.15) is 33.6 Å². The van der Waals surface area contributed by atoms with Crippen molar-refractivity contribution >= 4 is 11.6 Å². The second kappa shape index (κ2) is 14.4. The Hall–Kier alpha value is -1.69. The molecule has 1 aliphatic rings. The predicted octanol–water partition coefficient (Wildman–Crippen LogP) is 1.73. The molecular weight excluding hydrogens is 288 g/mol. The summed E-state index contributed by atoms with van der Waals surface area (Å²) in [6.07, 6.45) is 0.742. The molecule has 0 spiro atoms. The monoisotopic (exact) mass is 296 g/mol. The summed E-state index contributed by atoms with van der Waals surface area (Å²) in [5.41, 5.74) is 1.18. The van der Waals surface area contributed by atoms with Gasteiger partial charge in [-0.2, -0.15) is 0 Å². The van der Waals surface area contributed by atoms with E-state index in [0.29, 0.717) is 24.0 Å². The van der Waals surface area contributed by atoms with Gasteiger partial charge < -0.3 is 0 Å². The zero-order valence-corrected chi connectivity index (χ0v) is 10.9. The number of hydrogen-bond donors (Lipinski definition) is 0. The molecule has 0 saturated heterocycles. The van der Waals surface area contributed by atoms with Crippen LogP contribution < -0.4 is 0 Å². The Morgan fingerprint density at radius 1 is 0.737 bits per heavy atom. The fraction of sp³-hybridized carbons (Fsp3) is 0.154. The quantitative estimate of drug-likeness (QED) is 0.538. The maximum atomic E-state index is 11.3. The molecule has 1 aliphatic carbocycles. The molecule has 0 bridgehead atoms. The molecular formula is C13H8CrO5. The molecule has 96 valence electrons. The van der Waals surface area contributed by atoms with Crippen LogP contribution in [0.5, 0.6) is 0 Å². The molecule has 0 atom stereocenters. The van der Waals surface area contributed by atoms with E-state index in [9.17, 15) is 9.59 Å². The smallest absolute Gasteiger partial charge is 0 e. The van der Waals surface area contributed by atoms with Gasteiger partial charge in [-0.15, -0.1) is 0 Å². The molecule has 0 saturated carbocycles. The first-order valence-corrected chi connectivity index (χ1v) is 4.56. The van der Waals surface area contributed by atoms with E-state index in [1.807, 2.05) is 0 Å². The van der Waals surface area contributed by atoms with Gasteiger partial charge in [0.15, 0.2) is 11.6 Å². The van der Waals surface area contributed by atoms with Crippen molar-refractivity contribution < 1.29 is 40.9 Å². The molecule has 19 heavy (non-hydrogen) atoms. The molecule has 0 N–H and O–H groups in total. The van der Waals surface area contributed by atoms with E-state index >= 15 is 0 Å². The molecule has 0 aliphatic heterocycles. The first kappa shape index (κ1) is 22.5. The van der Waals surface area contributed by atoms with Crippen LogP contribution in [0.2, 0.25) is 0 Å². The van der Waals surface area contributed by atoms with Gasteiger partial charge in [0.2, 0.25) is 0 Å². The zero-order valence-electron chi connectivity index (χ0n) is 9.67. The number of benzene rings is 1. The van der Waals surface area contributed by atoms with Gasteiger partial charge in [-0.1, -0.05) is 24.3 Å². The molecule has 0 radical (unpaired) electrons. The van der Waals surface area contributed by atoms with Gasteiger partial charge in [0.25, 0.3) is 0 Å². The third kappa shape index (κ3) is 6.71. The standard InChI is InChI=1S/C10H8O2.3CO.Cr/c11-9-5-6-10(12)8-4-2-1-3-7(8)9;3*1-2;/h1-4H,5-6H2;;;;. The van der Waals surface area contributed by atoms with Crippen molar-refractivity contribution in [1.82, 2.24) is 0 Å². The van der Waals surface area contributed by atoms with Gasteiger partial charge in [0.05, 0.1) is 0 Å². The minimum atomic E-state index is 0. The molecule has 0 heterocycles. The van der Waals surface area contributed by atoms with E-state index < -0.39 is 0 Å². The van der Waals surface area contributed by atoms with Gasteiger partial charge >= 0.3 is 33.9 Å². The number of Topliss-reactive ketones (excluding diaryl/α,β-unsaturated/α-hetero) is 2. The van der Waals surface area contributed by atoms with E-state index in [2.05, 4.69) is 20.0 Å². The molecule has 1 aromatic rings. The van der Waals surface area contributed by atoms with Crippen LogP contribution in [0.4, 0.5) is 0 Å². The zero-order chi connectivity index (χ0) is 14.6.